The molecule has 0 fully saturated rings. The number of aromatic amines is 1. The Bertz CT molecular complexity index is 1100. The van der Waals surface area contributed by atoms with Crippen molar-refractivity contribution in [3.05, 3.63) is 90.1 Å². The number of rotatable bonds is 6. The summed E-state index contributed by atoms with van der Waals surface area (Å²) in [6, 6.07) is 25.9. The first-order valence-corrected chi connectivity index (χ1v) is 9.30. The van der Waals surface area contributed by atoms with Crippen molar-refractivity contribution in [3.63, 3.8) is 0 Å². The number of fused-ring (bicyclic) bond motifs is 1. The number of esters is 1. The largest absolute Gasteiger partial charge is 0.489 e. The Balaban J connectivity index is 1.63. The van der Waals surface area contributed by atoms with Gasteiger partial charge in [-0.25, -0.2) is 4.79 Å². The highest BCUT2D eigenvalue weighted by Gasteiger charge is 2.13. The van der Waals surface area contributed by atoms with Crippen LogP contribution in [0.15, 0.2) is 78.9 Å². The van der Waals surface area contributed by atoms with Crippen molar-refractivity contribution in [1.29, 1.82) is 0 Å². The van der Waals surface area contributed by atoms with Gasteiger partial charge in [0.25, 0.3) is 0 Å². The van der Waals surface area contributed by atoms with E-state index in [1.165, 1.54) is 0 Å². The van der Waals surface area contributed by atoms with Crippen molar-refractivity contribution in [3.8, 4) is 16.9 Å². The molecule has 28 heavy (non-hydrogen) atoms. The fraction of sp³-hybridized carbons (Fsp3) is 0.125. The van der Waals surface area contributed by atoms with Gasteiger partial charge in [-0.15, -0.1) is 0 Å². The topological polar surface area (TPSA) is 51.3 Å². The van der Waals surface area contributed by atoms with Gasteiger partial charge in [0.05, 0.1) is 12.1 Å². The lowest BCUT2D eigenvalue weighted by molar-refractivity contribution is 0.0520. The standard InChI is InChI=1S/C24H21NO3/c1-2-27-24(26)22-15-19-11-7-13-21(23(19)25-22)18-10-6-12-20(14-18)28-16-17-8-4-3-5-9-17/h3-15,25H,2,16H2,1H3. The van der Waals surface area contributed by atoms with E-state index in [1.807, 2.05) is 78.9 Å². The smallest absolute Gasteiger partial charge is 0.354 e. The summed E-state index contributed by atoms with van der Waals surface area (Å²) in [7, 11) is 0. The molecule has 140 valence electrons. The number of benzene rings is 3. The van der Waals surface area contributed by atoms with Gasteiger partial charge in [-0.05, 0) is 36.2 Å². The van der Waals surface area contributed by atoms with Crippen molar-refractivity contribution < 1.29 is 14.3 Å². The third-order valence-electron chi connectivity index (χ3n) is 4.54. The number of ether oxygens (including phenoxy) is 2. The van der Waals surface area contributed by atoms with Crippen LogP contribution in [0, 0.1) is 0 Å². The second kappa shape index (κ2) is 8.01. The quantitative estimate of drug-likeness (QED) is 0.450. The zero-order valence-electron chi connectivity index (χ0n) is 15.6. The molecule has 0 radical (unpaired) electrons. The van der Waals surface area contributed by atoms with Crippen LogP contribution in [-0.4, -0.2) is 17.6 Å². The van der Waals surface area contributed by atoms with E-state index in [2.05, 4.69) is 4.98 Å². The maximum atomic E-state index is 12.1. The maximum absolute atomic E-state index is 12.1. The van der Waals surface area contributed by atoms with E-state index in [1.54, 1.807) is 6.92 Å². The van der Waals surface area contributed by atoms with Gasteiger partial charge in [-0.1, -0.05) is 60.7 Å². The lowest BCUT2D eigenvalue weighted by Gasteiger charge is -2.09. The number of carbonyl (C=O) groups is 1. The Hall–Kier alpha value is -3.53. The van der Waals surface area contributed by atoms with Gasteiger partial charge in [0.2, 0.25) is 0 Å². The summed E-state index contributed by atoms with van der Waals surface area (Å²) in [6.45, 7) is 2.67. The van der Waals surface area contributed by atoms with Crippen molar-refractivity contribution in [2.45, 2.75) is 13.5 Å². The summed E-state index contributed by atoms with van der Waals surface area (Å²) in [4.78, 5) is 15.3. The molecular weight excluding hydrogens is 350 g/mol. The first kappa shape index (κ1) is 17.9. The molecule has 4 nitrogen and oxygen atoms in total. The van der Waals surface area contributed by atoms with Gasteiger partial charge >= 0.3 is 5.97 Å². The van der Waals surface area contributed by atoms with Crippen LogP contribution in [0.2, 0.25) is 0 Å². The van der Waals surface area contributed by atoms with Crippen LogP contribution in [0.3, 0.4) is 0 Å². The van der Waals surface area contributed by atoms with Gasteiger partial charge in [-0.2, -0.15) is 0 Å². The molecule has 0 aliphatic rings. The average molecular weight is 371 g/mol. The van der Waals surface area contributed by atoms with E-state index in [9.17, 15) is 4.79 Å². The second-order valence-corrected chi connectivity index (χ2v) is 6.48. The van der Waals surface area contributed by atoms with Crippen LogP contribution in [-0.2, 0) is 11.3 Å². The van der Waals surface area contributed by atoms with E-state index >= 15 is 0 Å². The van der Waals surface area contributed by atoms with Crippen molar-refractivity contribution in [2.24, 2.45) is 0 Å². The zero-order chi connectivity index (χ0) is 19.3. The zero-order valence-corrected chi connectivity index (χ0v) is 15.6. The molecule has 1 aromatic heterocycles. The Morgan fingerprint density at radius 1 is 0.929 bits per heavy atom. The van der Waals surface area contributed by atoms with Crippen LogP contribution < -0.4 is 4.74 Å². The fourth-order valence-corrected chi connectivity index (χ4v) is 3.21. The van der Waals surface area contributed by atoms with Crippen molar-refractivity contribution in [2.75, 3.05) is 6.61 Å². The van der Waals surface area contributed by atoms with Crippen LogP contribution in [0.5, 0.6) is 5.75 Å². The molecule has 0 aliphatic carbocycles. The molecule has 4 aromatic rings. The second-order valence-electron chi connectivity index (χ2n) is 6.48. The predicted octanol–water partition coefficient (Wildman–Crippen LogP) is 5.59. The minimum Gasteiger partial charge on any atom is -0.489 e. The van der Waals surface area contributed by atoms with Gasteiger partial charge in [0, 0.05) is 10.9 Å². The molecule has 0 spiro atoms. The monoisotopic (exact) mass is 371 g/mol. The molecular formula is C24H21NO3. The third-order valence-corrected chi connectivity index (χ3v) is 4.54. The fourth-order valence-electron chi connectivity index (χ4n) is 3.21. The van der Waals surface area contributed by atoms with Gasteiger partial charge in [0.15, 0.2) is 0 Å². The van der Waals surface area contributed by atoms with Crippen molar-refractivity contribution >= 4 is 16.9 Å². The van der Waals surface area contributed by atoms with E-state index < -0.39 is 0 Å². The van der Waals surface area contributed by atoms with Gasteiger partial charge in [-0.3, -0.25) is 0 Å². The molecule has 4 rings (SSSR count). The molecule has 0 saturated carbocycles. The highest BCUT2D eigenvalue weighted by molar-refractivity contribution is 6.00. The van der Waals surface area contributed by atoms with Crippen LogP contribution in [0.25, 0.3) is 22.0 Å². The molecule has 1 heterocycles. The van der Waals surface area contributed by atoms with Crippen molar-refractivity contribution in [1.82, 2.24) is 4.98 Å². The number of hydrogen-bond donors (Lipinski definition) is 1. The average Bonchev–Trinajstić information content (AvgIpc) is 3.18. The highest BCUT2D eigenvalue weighted by atomic mass is 16.5. The van der Waals surface area contributed by atoms with Crippen LogP contribution >= 0.6 is 0 Å². The van der Waals surface area contributed by atoms with Gasteiger partial charge in [0.1, 0.15) is 18.1 Å². The Kier molecular flexibility index (Phi) is 5.11. The first-order chi connectivity index (χ1) is 13.7. The molecule has 4 heteroatoms. The number of nitrogens with one attached hydrogen (secondary N) is 1. The number of aromatic nitrogens is 1. The van der Waals surface area contributed by atoms with E-state index in [0.717, 1.165) is 33.3 Å². The number of para-hydroxylation sites is 1. The number of carbonyl (C=O) groups excluding carboxylic acids is 1. The lowest BCUT2D eigenvalue weighted by Crippen LogP contribution is -2.04. The first-order valence-electron chi connectivity index (χ1n) is 9.30. The molecule has 0 aliphatic heterocycles. The normalized spacial score (nSPS) is 10.8. The molecule has 0 amide bonds. The SMILES string of the molecule is CCOC(=O)c1cc2cccc(-c3cccc(OCc4ccccc4)c3)c2[nH]1. The highest BCUT2D eigenvalue weighted by Crippen LogP contribution is 2.31. The van der Waals surface area contributed by atoms with Gasteiger partial charge < -0.3 is 14.5 Å². The van der Waals surface area contributed by atoms with Crippen LogP contribution in [0.1, 0.15) is 23.0 Å². The lowest BCUT2D eigenvalue weighted by atomic mass is 10.0. The minimum atomic E-state index is -0.343. The summed E-state index contributed by atoms with van der Waals surface area (Å²) < 4.78 is 11.1. The molecule has 0 atom stereocenters. The summed E-state index contributed by atoms with van der Waals surface area (Å²) >= 11 is 0. The predicted molar refractivity (Wildman–Crippen MR) is 110 cm³/mol. The van der Waals surface area contributed by atoms with E-state index in [4.69, 9.17) is 9.47 Å². The molecule has 0 saturated heterocycles. The van der Waals surface area contributed by atoms with E-state index in [0.29, 0.717) is 18.9 Å². The maximum Gasteiger partial charge on any atom is 0.354 e. The summed E-state index contributed by atoms with van der Waals surface area (Å²) in [5, 5.41) is 0.969. The van der Waals surface area contributed by atoms with E-state index in [-0.39, 0.29) is 5.97 Å². The molecule has 0 bridgehead atoms. The minimum absolute atomic E-state index is 0.343. The summed E-state index contributed by atoms with van der Waals surface area (Å²) in [5.74, 6) is 0.458. The summed E-state index contributed by atoms with van der Waals surface area (Å²) in [5.41, 5.74) is 4.52. The number of H-pyrrole nitrogens is 1. The Labute approximate surface area is 163 Å². The number of hydrogen-bond acceptors (Lipinski definition) is 3. The Morgan fingerprint density at radius 2 is 1.75 bits per heavy atom. The third kappa shape index (κ3) is 3.76. The molecule has 0 unspecified atom stereocenters. The molecule has 3 aromatic carbocycles. The summed E-state index contributed by atoms with van der Waals surface area (Å²) in [6.07, 6.45) is 0. The molecule has 1 N–H and O–H groups in total. The van der Waals surface area contributed by atoms with Crippen LogP contribution in [0.4, 0.5) is 0 Å². The Morgan fingerprint density at radius 3 is 2.57 bits per heavy atom.